The number of ether oxygens (including phenoxy) is 2. The van der Waals surface area contributed by atoms with Crippen molar-refractivity contribution < 1.29 is 19.4 Å². The second kappa shape index (κ2) is 8.32. The number of fused-ring (bicyclic) bond motifs is 1. The summed E-state index contributed by atoms with van der Waals surface area (Å²) in [4.78, 5) is 20.3. The first kappa shape index (κ1) is 19.6. The molecule has 0 spiro atoms. The van der Waals surface area contributed by atoms with E-state index in [1.54, 1.807) is 7.11 Å². The minimum absolute atomic E-state index is 0.124. The monoisotopic (exact) mass is 399 g/mol. The van der Waals surface area contributed by atoms with Gasteiger partial charge in [-0.3, -0.25) is 4.79 Å². The third-order valence-corrected chi connectivity index (χ3v) is 5.28. The van der Waals surface area contributed by atoms with Crippen molar-refractivity contribution in [2.45, 2.75) is 37.6 Å². The van der Waals surface area contributed by atoms with Crippen LogP contribution >= 0.6 is 0 Å². The number of carbonyl (C=O) groups is 1. The number of nitrogens with zero attached hydrogens (tertiary/aromatic N) is 2. The Kier molecular flexibility index (Phi) is 5.61. The van der Waals surface area contributed by atoms with Crippen molar-refractivity contribution >= 4 is 11.7 Å². The topological polar surface area (TPSA) is 132 Å². The van der Waals surface area contributed by atoms with Crippen LogP contribution in [0.5, 0.6) is 5.75 Å². The van der Waals surface area contributed by atoms with Gasteiger partial charge in [-0.2, -0.15) is 0 Å². The van der Waals surface area contributed by atoms with E-state index in [2.05, 4.69) is 20.6 Å². The Morgan fingerprint density at radius 1 is 1.38 bits per heavy atom. The molecule has 9 heteroatoms. The summed E-state index contributed by atoms with van der Waals surface area (Å²) in [6.45, 7) is 1.82. The van der Waals surface area contributed by atoms with E-state index in [0.717, 1.165) is 11.3 Å². The third-order valence-electron chi connectivity index (χ3n) is 5.28. The van der Waals surface area contributed by atoms with Crippen molar-refractivity contribution in [2.75, 3.05) is 25.6 Å². The fourth-order valence-electron chi connectivity index (χ4n) is 3.56. The highest BCUT2D eigenvalue weighted by Gasteiger charge is 2.26. The van der Waals surface area contributed by atoms with Gasteiger partial charge in [-0.15, -0.1) is 0 Å². The Morgan fingerprint density at radius 3 is 2.90 bits per heavy atom. The lowest BCUT2D eigenvalue weighted by Gasteiger charge is -2.30. The number of nitrogens with two attached hydrogens (primary N) is 1. The molecule has 29 heavy (non-hydrogen) atoms. The van der Waals surface area contributed by atoms with E-state index in [0.29, 0.717) is 37.8 Å². The molecule has 2 atom stereocenters. The number of nitrogens with one attached hydrogen (secondary N) is 2. The summed E-state index contributed by atoms with van der Waals surface area (Å²) in [7, 11) is 1.64. The predicted octanol–water partition coefficient (Wildman–Crippen LogP) is 0.0127. The normalized spacial score (nSPS) is 19.7. The molecular weight excluding hydrogens is 374 g/mol. The van der Waals surface area contributed by atoms with Crippen LogP contribution < -0.4 is 21.1 Å². The largest absolute Gasteiger partial charge is 0.497 e. The highest BCUT2D eigenvalue weighted by molar-refractivity contribution is 5.91. The molecule has 5 N–H and O–H groups in total. The number of primary amides is 1. The number of methoxy groups -OCH3 is 1. The lowest BCUT2D eigenvalue weighted by molar-refractivity contribution is 0.0209. The molecule has 2 aromatic rings. The fraction of sp³-hybridized carbons (Fsp3) is 0.450. The minimum atomic E-state index is -0.715. The smallest absolute Gasteiger partial charge is 0.267 e. The molecule has 1 amide bonds. The second-order valence-corrected chi connectivity index (χ2v) is 7.40. The number of anilines is 1. The number of rotatable bonds is 7. The van der Waals surface area contributed by atoms with E-state index in [1.165, 1.54) is 11.6 Å². The van der Waals surface area contributed by atoms with Crippen LogP contribution in [0, 0.1) is 0 Å². The molecule has 4 rings (SSSR count). The lowest BCUT2D eigenvalue weighted by Crippen LogP contribution is -2.45. The molecule has 0 unspecified atom stereocenters. The quantitative estimate of drug-likeness (QED) is 0.512. The van der Waals surface area contributed by atoms with Crippen molar-refractivity contribution in [3.05, 3.63) is 46.9 Å². The number of benzene rings is 1. The summed E-state index contributed by atoms with van der Waals surface area (Å²) in [5.74, 6) is 1.07. The van der Waals surface area contributed by atoms with Gasteiger partial charge in [0.1, 0.15) is 23.1 Å². The number of amides is 1. The number of hydrogen-bond acceptors (Lipinski definition) is 8. The molecule has 1 aromatic heterocycles. The van der Waals surface area contributed by atoms with Crippen LogP contribution in [0.25, 0.3) is 0 Å². The van der Waals surface area contributed by atoms with Crippen molar-refractivity contribution in [1.29, 1.82) is 0 Å². The van der Waals surface area contributed by atoms with Crippen LogP contribution in [0.2, 0.25) is 0 Å². The van der Waals surface area contributed by atoms with Crippen LogP contribution in [0.3, 0.4) is 0 Å². The molecule has 0 bridgehead atoms. The Morgan fingerprint density at radius 2 is 2.21 bits per heavy atom. The van der Waals surface area contributed by atoms with E-state index >= 15 is 0 Å². The van der Waals surface area contributed by atoms with E-state index in [-0.39, 0.29) is 24.2 Å². The number of hydrogen-bond donors (Lipinski definition) is 4. The third kappa shape index (κ3) is 4.47. The molecular formula is C20H25N5O4. The number of aliphatic hydroxyl groups is 1. The maximum absolute atomic E-state index is 11.6. The van der Waals surface area contributed by atoms with Crippen LogP contribution in [0.15, 0.2) is 24.3 Å². The van der Waals surface area contributed by atoms with Gasteiger partial charge in [-0.25, -0.2) is 9.97 Å². The SMILES string of the molecule is COc1ccc2c(c1)CN[C@H]([C@H](O)Cc1nc(NC3COC3)cc(C(N)=O)n1)C2. The average Bonchev–Trinajstić information content (AvgIpc) is 2.69. The zero-order valence-corrected chi connectivity index (χ0v) is 16.2. The zero-order valence-electron chi connectivity index (χ0n) is 16.2. The average molecular weight is 399 g/mol. The van der Waals surface area contributed by atoms with Gasteiger partial charge in [0.2, 0.25) is 0 Å². The van der Waals surface area contributed by atoms with Gasteiger partial charge in [0.15, 0.2) is 0 Å². The maximum atomic E-state index is 11.6. The Balaban J connectivity index is 1.47. The molecule has 0 radical (unpaired) electrons. The highest BCUT2D eigenvalue weighted by atomic mass is 16.5. The Hall–Kier alpha value is -2.75. The number of aromatic nitrogens is 2. The summed E-state index contributed by atoms with van der Waals surface area (Å²) in [6, 6.07) is 7.49. The molecule has 0 aliphatic carbocycles. The molecule has 9 nitrogen and oxygen atoms in total. The molecule has 1 fully saturated rings. The molecule has 2 aliphatic rings. The molecule has 3 heterocycles. The molecule has 154 valence electrons. The molecule has 0 saturated carbocycles. The van der Waals surface area contributed by atoms with Gasteiger partial charge >= 0.3 is 0 Å². The van der Waals surface area contributed by atoms with Gasteiger partial charge in [0, 0.05) is 25.1 Å². The van der Waals surface area contributed by atoms with Crippen molar-refractivity contribution in [1.82, 2.24) is 15.3 Å². The van der Waals surface area contributed by atoms with Crippen LogP contribution in [-0.2, 0) is 24.1 Å². The lowest BCUT2D eigenvalue weighted by atomic mass is 9.91. The minimum Gasteiger partial charge on any atom is -0.497 e. The fourth-order valence-corrected chi connectivity index (χ4v) is 3.56. The first-order valence-electron chi connectivity index (χ1n) is 9.61. The van der Waals surface area contributed by atoms with Gasteiger partial charge in [0.05, 0.1) is 32.5 Å². The highest BCUT2D eigenvalue weighted by Crippen LogP contribution is 2.24. The van der Waals surface area contributed by atoms with Gasteiger partial charge in [0.25, 0.3) is 5.91 Å². The van der Waals surface area contributed by atoms with Crippen LogP contribution in [0.1, 0.15) is 27.4 Å². The summed E-state index contributed by atoms with van der Waals surface area (Å²) in [6.07, 6.45) is 0.175. The van der Waals surface area contributed by atoms with E-state index in [9.17, 15) is 9.90 Å². The molecule has 2 aliphatic heterocycles. The molecule has 1 saturated heterocycles. The summed E-state index contributed by atoms with van der Waals surface area (Å²) >= 11 is 0. The summed E-state index contributed by atoms with van der Waals surface area (Å²) < 4.78 is 10.4. The first-order valence-corrected chi connectivity index (χ1v) is 9.61. The first-order chi connectivity index (χ1) is 14.0. The maximum Gasteiger partial charge on any atom is 0.267 e. The van der Waals surface area contributed by atoms with Crippen LogP contribution in [0.4, 0.5) is 5.82 Å². The van der Waals surface area contributed by atoms with E-state index in [4.69, 9.17) is 15.2 Å². The zero-order chi connectivity index (χ0) is 20.4. The number of aliphatic hydroxyl groups excluding tert-OH is 1. The predicted molar refractivity (Wildman–Crippen MR) is 106 cm³/mol. The second-order valence-electron chi connectivity index (χ2n) is 7.40. The van der Waals surface area contributed by atoms with E-state index in [1.807, 2.05) is 18.2 Å². The van der Waals surface area contributed by atoms with Crippen molar-refractivity contribution in [3.63, 3.8) is 0 Å². The summed E-state index contributed by atoms with van der Waals surface area (Å²) in [5.41, 5.74) is 7.87. The Bertz CT molecular complexity index is 902. The van der Waals surface area contributed by atoms with Gasteiger partial charge < -0.3 is 30.9 Å². The van der Waals surface area contributed by atoms with Gasteiger partial charge in [-0.05, 0) is 29.7 Å². The summed E-state index contributed by atoms with van der Waals surface area (Å²) in [5, 5.41) is 17.4. The van der Waals surface area contributed by atoms with E-state index < -0.39 is 12.0 Å². The van der Waals surface area contributed by atoms with Crippen LogP contribution in [-0.4, -0.2) is 59.5 Å². The van der Waals surface area contributed by atoms with Gasteiger partial charge in [-0.1, -0.05) is 6.07 Å². The standard InChI is InChI=1S/C20H25N5O4/c1-28-14-3-2-11-5-15(22-8-12(11)4-14)17(26)7-19-24-16(20(21)27)6-18(25-19)23-13-9-29-10-13/h2-4,6,13,15,17,22,26H,5,7-10H2,1H3,(H2,21,27)(H,23,24,25)/t15-,17+/m0/s1. The Labute approximate surface area is 168 Å². The van der Waals surface area contributed by atoms with Crippen molar-refractivity contribution in [2.24, 2.45) is 5.73 Å². The molecule has 1 aromatic carbocycles. The number of carbonyl (C=O) groups excluding carboxylic acids is 1. The van der Waals surface area contributed by atoms with Crippen molar-refractivity contribution in [3.8, 4) is 5.75 Å².